The van der Waals surface area contributed by atoms with Gasteiger partial charge in [0, 0.05) is 44.3 Å². The van der Waals surface area contributed by atoms with E-state index in [1.54, 1.807) is 0 Å². The lowest BCUT2D eigenvalue weighted by molar-refractivity contribution is -0.940. The van der Waals surface area contributed by atoms with Gasteiger partial charge in [-0.25, -0.2) is 0 Å². The lowest BCUT2D eigenvalue weighted by Crippen LogP contribution is -2.50. The van der Waals surface area contributed by atoms with Crippen LogP contribution in [0, 0.1) is 0 Å². The molecular formula is C37H72NO3Si+. The van der Waals surface area contributed by atoms with Crippen LogP contribution in [0.5, 0.6) is 0 Å². The van der Waals surface area contributed by atoms with Crippen molar-refractivity contribution in [3.8, 4) is 0 Å². The van der Waals surface area contributed by atoms with Crippen molar-refractivity contribution in [3.05, 3.63) is 35.9 Å². The van der Waals surface area contributed by atoms with Crippen LogP contribution in [0.15, 0.2) is 30.3 Å². The van der Waals surface area contributed by atoms with Crippen LogP contribution in [0.1, 0.15) is 162 Å². The average molecular weight is 607 g/mol. The Morgan fingerprint density at radius 3 is 1.36 bits per heavy atom. The Morgan fingerprint density at radius 2 is 0.952 bits per heavy atom. The van der Waals surface area contributed by atoms with Crippen LogP contribution in [0.2, 0.25) is 6.04 Å². The van der Waals surface area contributed by atoms with E-state index in [1.807, 2.05) is 0 Å². The van der Waals surface area contributed by atoms with E-state index in [2.05, 4.69) is 72.0 Å². The number of hydrogen-bond donors (Lipinski definition) is 0. The van der Waals surface area contributed by atoms with Gasteiger partial charge in [-0.15, -0.1) is 0 Å². The van der Waals surface area contributed by atoms with Crippen LogP contribution in [-0.4, -0.2) is 53.2 Å². The third-order valence-corrected chi connectivity index (χ3v) is 12.2. The van der Waals surface area contributed by atoms with E-state index in [1.165, 1.54) is 115 Å². The van der Waals surface area contributed by atoms with Gasteiger partial charge in [0.25, 0.3) is 0 Å². The summed E-state index contributed by atoms with van der Waals surface area (Å²) in [5.41, 5.74) is 1.47. The first-order valence-electron chi connectivity index (χ1n) is 18.3. The van der Waals surface area contributed by atoms with Gasteiger partial charge in [-0.1, -0.05) is 134 Å². The molecule has 0 saturated carbocycles. The Kier molecular flexibility index (Phi) is 23.9. The largest absolute Gasteiger partial charge is 0.501 e. The zero-order chi connectivity index (χ0) is 30.8. The molecule has 2 unspecified atom stereocenters. The second-order valence-corrected chi connectivity index (χ2v) is 15.4. The van der Waals surface area contributed by atoms with Gasteiger partial charge in [-0.05, 0) is 33.6 Å². The number of benzene rings is 1. The first kappa shape index (κ1) is 39.3. The molecule has 1 rings (SSSR count). The maximum Gasteiger partial charge on any atom is 0.501 e. The smallest absolute Gasteiger partial charge is 0.374 e. The van der Waals surface area contributed by atoms with Crippen LogP contribution < -0.4 is 0 Å². The summed E-state index contributed by atoms with van der Waals surface area (Å²) in [6.07, 6.45) is 24.9. The molecule has 42 heavy (non-hydrogen) atoms. The quantitative estimate of drug-likeness (QED) is 0.0495. The average Bonchev–Trinajstić information content (AvgIpc) is 2.98. The third kappa shape index (κ3) is 16.9. The van der Waals surface area contributed by atoms with Crippen molar-refractivity contribution in [1.82, 2.24) is 0 Å². The fourth-order valence-electron chi connectivity index (χ4n) is 6.81. The molecule has 2 atom stereocenters. The molecule has 5 heteroatoms. The zero-order valence-corrected chi connectivity index (χ0v) is 30.1. The van der Waals surface area contributed by atoms with E-state index in [0.717, 1.165) is 29.9 Å². The summed E-state index contributed by atoms with van der Waals surface area (Å²) >= 11 is 0. The standard InChI is InChI=1S/C37H72NO3Si/c1-7-12-13-14-15-16-17-18-19-20-21-22-23-24-25-29-33-38(6,37(8-2)36-31-27-26-28-32-36)34-30-35-42(39-9-3,40-10-4)41-11-5/h26-28,31-32,37H,7-25,29-30,33-35H2,1-6H3/q+1. The Balaban J connectivity index is 2.48. The minimum Gasteiger partial charge on any atom is -0.374 e. The molecular weight excluding hydrogens is 534 g/mol. The normalized spacial score (nSPS) is 14.2. The number of rotatable bonds is 30. The SMILES string of the molecule is CCCCCCCCCCCCCCCCCC[N+](C)(CCC[Si](OCC)(OCC)OCC)C(CC)c1ccccc1. The minimum absolute atomic E-state index is 0.518. The van der Waals surface area contributed by atoms with Crippen LogP contribution in [-0.2, 0) is 13.3 Å². The van der Waals surface area contributed by atoms with Crippen molar-refractivity contribution < 1.29 is 17.8 Å². The summed E-state index contributed by atoms with van der Waals surface area (Å²) in [5.74, 6) is 0. The van der Waals surface area contributed by atoms with Gasteiger partial charge in [0.05, 0.1) is 20.1 Å². The van der Waals surface area contributed by atoms with E-state index >= 15 is 0 Å². The van der Waals surface area contributed by atoms with Gasteiger partial charge in [0.1, 0.15) is 6.04 Å². The van der Waals surface area contributed by atoms with E-state index in [0.29, 0.717) is 25.9 Å². The van der Waals surface area contributed by atoms with Crippen molar-refractivity contribution in [2.75, 3.05) is 40.0 Å². The first-order valence-corrected chi connectivity index (χ1v) is 20.2. The predicted molar refractivity (Wildman–Crippen MR) is 185 cm³/mol. The highest BCUT2D eigenvalue weighted by Crippen LogP contribution is 2.32. The number of nitrogens with zero attached hydrogens (tertiary/aromatic N) is 1. The molecule has 0 amide bonds. The fraction of sp³-hybridized carbons (Fsp3) is 0.838. The number of unbranched alkanes of at least 4 members (excludes halogenated alkanes) is 15. The lowest BCUT2D eigenvalue weighted by Gasteiger charge is -2.42. The summed E-state index contributed by atoms with van der Waals surface area (Å²) in [6.45, 7) is 15.2. The molecule has 246 valence electrons. The van der Waals surface area contributed by atoms with Gasteiger partial charge in [-0.2, -0.15) is 0 Å². The Bertz CT molecular complexity index is 701. The Morgan fingerprint density at radius 1 is 0.548 bits per heavy atom. The summed E-state index contributed by atoms with van der Waals surface area (Å²) < 4.78 is 19.6. The minimum atomic E-state index is -2.61. The van der Waals surface area contributed by atoms with E-state index < -0.39 is 8.80 Å². The van der Waals surface area contributed by atoms with Crippen molar-refractivity contribution >= 4 is 8.80 Å². The highest BCUT2D eigenvalue weighted by atomic mass is 28.4. The predicted octanol–water partition coefficient (Wildman–Crippen LogP) is 11.3. The molecule has 0 radical (unpaired) electrons. The number of hydrogen-bond acceptors (Lipinski definition) is 3. The molecule has 0 aromatic heterocycles. The molecule has 0 spiro atoms. The molecule has 0 bridgehead atoms. The highest BCUT2D eigenvalue weighted by molar-refractivity contribution is 6.60. The molecule has 0 heterocycles. The lowest BCUT2D eigenvalue weighted by atomic mass is 9.99. The molecule has 0 fully saturated rings. The van der Waals surface area contributed by atoms with E-state index in [-0.39, 0.29) is 0 Å². The highest BCUT2D eigenvalue weighted by Gasteiger charge is 2.41. The van der Waals surface area contributed by atoms with Crippen LogP contribution in [0.3, 0.4) is 0 Å². The Labute approximate surface area is 264 Å². The molecule has 0 aliphatic heterocycles. The molecule has 4 nitrogen and oxygen atoms in total. The number of quaternary nitrogens is 1. The van der Waals surface area contributed by atoms with Gasteiger partial charge < -0.3 is 17.8 Å². The second kappa shape index (κ2) is 25.6. The maximum atomic E-state index is 6.18. The molecule has 0 saturated heterocycles. The molecule has 1 aromatic carbocycles. The molecule has 1 aromatic rings. The summed E-state index contributed by atoms with van der Waals surface area (Å²) in [4.78, 5) is 0. The van der Waals surface area contributed by atoms with E-state index in [9.17, 15) is 0 Å². The summed E-state index contributed by atoms with van der Waals surface area (Å²) in [7, 11) is -0.108. The molecule has 0 N–H and O–H groups in total. The van der Waals surface area contributed by atoms with Gasteiger partial charge in [0.15, 0.2) is 0 Å². The van der Waals surface area contributed by atoms with Crippen molar-refractivity contribution in [2.24, 2.45) is 0 Å². The van der Waals surface area contributed by atoms with Crippen LogP contribution >= 0.6 is 0 Å². The van der Waals surface area contributed by atoms with E-state index in [4.69, 9.17) is 13.3 Å². The van der Waals surface area contributed by atoms with Crippen molar-refractivity contribution in [3.63, 3.8) is 0 Å². The van der Waals surface area contributed by atoms with Gasteiger partial charge >= 0.3 is 8.80 Å². The van der Waals surface area contributed by atoms with Crippen molar-refractivity contribution in [2.45, 2.75) is 162 Å². The molecule has 0 aliphatic carbocycles. The maximum absolute atomic E-state index is 6.18. The monoisotopic (exact) mass is 607 g/mol. The topological polar surface area (TPSA) is 27.7 Å². The summed E-state index contributed by atoms with van der Waals surface area (Å²) in [5, 5.41) is 0. The molecule has 0 aliphatic rings. The Hall–Kier alpha value is -0.723. The summed E-state index contributed by atoms with van der Waals surface area (Å²) in [6, 6.07) is 12.6. The van der Waals surface area contributed by atoms with Gasteiger partial charge in [0.2, 0.25) is 0 Å². The fourth-order valence-corrected chi connectivity index (χ4v) is 9.41. The zero-order valence-electron chi connectivity index (χ0n) is 29.1. The van der Waals surface area contributed by atoms with Crippen molar-refractivity contribution in [1.29, 1.82) is 0 Å². The van der Waals surface area contributed by atoms with Crippen LogP contribution in [0.4, 0.5) is 0 Å². The van der Waals surface area contributed by atoms with Gasteiger partial charge in [-0.3, -0.25) is 0 Å². The van der Waals surface area contributed by atoms with Crippen LogP contribution in [0.25, 0.3) is 0 Å². The third-order valence-electron chi connectivity index (χ3n) is 9.09. The second-order valence-electron chi connectivity index (χ2n) is 12.7. The first-order chi connectivity index (χ1) is 20.5.